The molecule has 40 heavy (non-hydrogen) atoms. The van der Waals surface area contributed by atoms with Crippen LogP contribution >= 0.6 is 0 Å². The molecular weight excluding hydrogens is 531 g/mol. The molecule has 0 spiro atoms. The van der Waals surface area contributed by atoms with E-state index in [1.54, 1.807) is 0 Å². The Balaban J connectivity index is 1.36. The molecule has 2 saturated carbocycles. The maximum atomic E-state index is 14.1. The molecule has 216 valence electrons. The van der Waals surface area contributed by atoms with Gasteiger partial charge in [-0.15, -0.1) is 0 Å². The summed E-state index contributed by atoms with van der Waals surface area (Å²) in [6.07, 6.45) is 0.594. The first-order chi connectivity index (χ1) is 18.7. The number of nitrogens with one attached hydrogen (secondary N) is 3. The number of nitrogens with zero attached hydrogens (tertiary/aromatic N) is 2. The van der Waals surface area contributed by atoms with Crippen LogP contribution in [-0.4, -0.2) is 84.5 Å². The third-order valence-electron chi connectivity index (χ3n) is 9.16. The third-order valence-corrected chi connectivity index (χ3v) is 9.16. The maximum absolute atomic E-state index is 14.1. The van der Waals surface area contributed by atoms with Gasteiger partial charge >= 0.3 is 0 Å². The van der Waals surface area contributed by atoms with Gasteiger partial charge in [0.1, 0.15) is 23.1 Å². The SMILES string of the molecule is CN(C)C(=O)C(=O)[C@@]1(NC(=O)[C@@H]2[C@@H]3[C@H](CN2C(=O)CNc2c(F)cc(F)cc2F)C3(C)C)C[C@H]1[C@@H]1CCNC1=O. The van der Waals surface area contributed by atoms with Crippen LogP contribution in [0.1, 0.15) is 26.7 Å². The van der Waals surface area contributed by atoms with E-state index in [9.17, 15) is 37.1 Å². The van der Waals surface area contributed by atoms with Crippen LogP contribution < -0.4 is 16.0 Å². The van der Waals surface area contributed by atoms with Crippen LogP contribution in [-0.2, 0) is 24.0 Å². The Morgan fingerprint density at radius 1 is 1.10 bits per heavy atom. The van der Waals surface area contributed by atoms with Gasteiger partial charge in [0.2, 0.25) is 23.5 Å². The molecule has 13 heteroatoms. The molecule has 10 nitrogen and oxygen atoms in total. The maximum Gasteiger partial charge on any atom is 0.291 e. The normalized spacial score (nSPS) is 31.2. The smallest absolute Gasteiger partial charge is 0.291 e. The van der Waals surface area contributed by atoms with Gasteiger partial charge in [0.25, 0.3) is 5.91 Å². The molecule has 4 aliphatic rings. The molecule has 2 aliphatic carbocycles. The van der Waals surface area contributed by atoms with Crippen molar-refractivity contribution in [2.24, 2.45) is 29.1 Å². The van der Waals surface area contributed by atoms with Gasteiger partial charge < -0.3 is 25.8 Å². The molecule has 0 unspecified atom stereocenters. The van der Waals surface area contributed by atoms with E-state index in [2.05, 4.69) is 16.0 Å². The van der Waals surface area contributed by atoms with Crippen LogP contribution in [0.3, 0.4) is 0 Å². The lowest BCUT2D eigenvalue weighted by Crippen LogP contribution is -2.58. The highest BCUT2D eigenvalue weighted by molar-refractivity contribution is 6.41. The predicted octanol–water partition coefficient (Wildman–Crippen LogP) is 0.667. The summed E-state index contributed by atoms with van der Waals surface area (Å²) in [5.41, 5.74) is -2.50. The van der Waals surface area contributed by atoms with Crippen molar-refractivity contribution >= 4 is 35.1 Å². The minimum absolute atomic E-state index is 0.0165. The molecule has 1 aromatic carbocycles. The van der Waals surface area contributed by atoms with Crippen molar-refractivity contribution in [3.63, 3.8) is 0 Å². The number of anilines is 1. The number of likely N-dealkylation sites (N-methyl/N-ethyl adjacent to an activating group) is 1. The first kappa shape index (κ1) is 27.9. The van der Waals surface area contributed by atoms with Gasteiger partial charge in [-0.3, -0.25) is 24.0 Å². The Kier molecular flexibility index (Phi) is 6.61. The highest BCUT2D eigenvalue weighted by atomic mass is 19.1. The van der Waals surface area contributed by atoms with Gasteiger partial charge in [-0.2, -0.15) is 0 Å². The summed E-state index contributed by atoms with van der Waals surface area (Å²) < 4.78 is 41.4. The van der Waals surface area contributed by atoms with Crippen LogP contribution in [0.5, 0.6) is 0 Å². The van der Waals surface area contributed by atoms with Crippen LogP contribution in [0.15, 0.2) is 12.1 Å². The summed E-state index contributed by atoms with van der Waals surface area (Å²) in [7, 11) is 2.84. The van der Waals surface area contributed by atoms with Gasteiger partial charge in [0.15, 0.2) is 11.6 Å². The molecule has 0 bridgehead atoms. The molecule has 0 aromatic heterocycles. The number of carbonyl (C=O) groups is 5. The molecule has 0 radical (unpaired) electrons. The van der Waals surface area contributed by atoms with E-state index in [-0.39, 0.29) is 36.1 Å². The van der Waals surface area contributed by atoms with Crippen molar-refractivity contribution in [1.29, 1.82) is 0 Å². The third kappa shape index (κ3) is 4.39. The largest absolute Gasteiger partial charge is 0.371 e. The molecule has 2 saturated heterocycles. The summed E-state index contributed by atoms with van der Waals surface area (Å²) >= 11 is 0. The topological polar surface area (TPSA) is 128 Å². The second kappa shape index (κ2) is 9.48. The van der Waals surface area contributed by atoms with E-state index in [4.69, 9.17) is 0 Å². The predicted molar refractivity (Wildman–Crippen MR) is 135 cm³/mol. The number of ketones is 1. The average molecular weight is 564 g/mol. The molecule has 4 fully saturated rings. The van der Waals surface area contributed by atoms with E-state index in [1.807, 2.05) is 13.8 Å². The lowest BCUT2D eigenvalue weighted by Gasteiger charge is -2.32. The lowest BCUT2D eigenvalue weighted by atomic mass is 9.94. The number of fused-ring (bicyclic) bond motifs is 1. The zero-order valence-electron chi connectivity index (χ0n) is 22.6. The van der Waals surface area contributed by atoms with E-state index in [0.29, 0.717) is 25.1 Å². The van der Waals surface area contributed by atoms with Crippen LogP contribution in [0, 0.1) is 46.5 Å². The molecule has 4 amide bonds. The Labute approximate surface area is 229 Å². The number of Topliss-reactive ketones (excluding diaryl/α,β-unsaturated/α-hetero) is 1. The second-order valence-corrected chi connectivity index (χ2v) is 12.0. The Bertz CT molecular complexity index is 1300. The van der Waals surface area contributed by atoms with Crippen LogP contribution in [0.25, 0.3) is 0 Å². The standard InChI is InChI=1S/C27H32F3N5O5/c1-26(2)15-11-35(18(36)10-32-20-16(29)7-12(28)8-17(20)30)21(19(15)26)24(39)33-27(22(37)25(40)34(3)4)9-14(27)13-5-6-31-23(13)38/h7-8,13-15,19,21,32H,5-6,9-11H2,1-4H3,(H,31,38)(H,33,39)/t13-,14-,15-,19-,21-,27+/m0/s1. The number of likely N-dealkylation sites (tertiary alicyclic amines) is 1. The fourth-order valence-corrected chi connectivity index (χ4v) is 6.74. The van der Waals surface area contributed by atoms with Crippen molar-refractivity contribution < 1.29 is 37.1 Å². The average Bonchev–Trinajstić information content (AvgIpc) is 3.48. The van der Waals surface area contributed by atoms with Crippen LogP contribution in [0.4, 0.5) is 18.9 Å². The van der Waals surface area contributed by atoms with Gasteiger partial charge in [0, 0.05) is 51.2 Å². The number of carbonyl (C=O) groups excluding carboxylic acids is 5. The van der Waals surface area contributed by atoms with Crippen molar-refractivity contribution in [3.8, 4) is 0 Å². The number of amides is 4. The van der Waals surface area contributed by atoms with E-state index in [0.717, 1.165) is 4.90 Å². The Morgan fingerprint density at radius 3 is 2.33 bits per heavy atom. The van der Waals surface area contributed by atoms with Gasteiger partial charge in [-0.1, -0.05) is 13.8 Å². The molecule has 3 N–H and O–H groups in total. The minimum Gasteiger partial charge on any atom is -0.371 e. The zero-order valence-corrected chi connectivity index (χ0v) is 22.6. The van der Waals surface area contributed by atoms with Crippen molar-refractivity contribution in [2.45, 2.75) is 38.3 Å². The number of hydrogen-bond donors (Lipinski definition) is 3. The van der Waals surface area contributed by atoms with Crippen molar-refractivity contribution in [2.75, 3.05) is 39.0 Å². The summed E-state index contributed by atoms with van der Waals surface area (Å²) in [5, 5.41) is 7.86. The molecule has 2 heterocycles. The quantitative estimate of drug-likeness (QED) is 0.399. The molecular formula is C27H32F3N5O5. The van der Waals surface area contributed by atoms with Gasteiger partial charge in [-0.25, -0.2) is 13.2 Å². The Hall–Kier alpha value is -3.64. The van der Waals surface area contributed by atoms with E-state index < -0.39 is 76.6 Å². The summed E-state index contributed by atoms with van der Waals surface area (Å²) in [4.78, 5) is 67.9. The summed E-state index contributed by atoms with van der Waals surface area (Å²) in [6, 6.07) is -0.0149. The molecule has 5 rings (SSSR count). The van der Waals surface area contributed by atoms with E-state index >= 15 is 0 Å². The first-order valence-corrected chi connectivity index (χ1v) is 13.2. The molecule has 1 aromatic rings. The second-order valence-electron chi connectivity index (χ2n) is 12.0. The number of hydrogen-bond acceptors (Lipinski definition) is 6. The van der Waals surface area contributed by atoms with Gasteiger partial charge in [-0.05, 0) is 30.1 Å². The molecule has 2 aliphatic heterocycles. The fourth-order valence-electron chi connectivity index (χ4n) is 6.74. The van der Waals surface area contributed by atoms with Crippen LogP contribution in [0.2, 0.25) is 0 Å². The first-order valence-electron chi connectivity index (χ1n) is 13.2. The minimum atomic E-state index is -1.56. The summed E-state index contributed by atoms with van der Waals surface area (Å²) in [6.45, 7) is 4.02. The highest BCUT2D eigenvalue weighted by Crippen LogP contribution is 2.65. The van der Waals surface area contributed by atoms with E-state index in [1.165, 1.54) is 19.0 Å². The number of rotatable bonds is 8. The van der Waals surface area contributed by atoms with Crippen molar-refractivity contribution in [1.82, 2.24) is 20.4 Å². The number of piperidine rings is 1. The molecule has 6 atom stereocenters. The fraction of sp³-hybridized carbons (Fsp3) is 0.593. The Morgan fingerprint density at radius 2 is 1.75 bits per heavy atom. The number of benzene rings is 1. The lowest BCUT2D eigenvalue weighted by molar-refractivity contribution is -0.147. The number of halogens is 3. The van der Waals surface area contributed by atoms with Crippen molar-refractivity contribution in [3.05, 3.63) is 29.6 Å². The van der Waals surface area contributed by atoms with Gasteiger partial charge in [0.05, 0.1) is 6.54 Å². The highest BCUT2D eigenvalue weighted by Gasteiger charge is 2.72. The zero-order chi connectivity index (χ0) is 29.3. The monoisotopic (exact) mass is 563 g/mol. The summed E-state index contributed by atoms with van der Waals surface area (Å²) in [5.74, 6) is -7.95.